The van der Waals surface area contributed by atoms with E-state index in [0.29, 0.717) is 35.3 Å². The van der Waals surface area contributed by atoms with Crippen LogP contribution >= 0.6 is 11.6 Å². The van der Waals surface area contributed by atoms with Gasteiger partial charge in [-0.3, -0.25) is 9.10 Å². The third-order valence-electron chi connectivity index (χ3n) is 3.99. The molecular formula is C15H21ClN2O3S. The second kappa shape index (κ2) is 6.46. The molecule has 1 fully saturated rings. The molecule has 5 nitrogen and oxygen atoms in total. The molecule has 0 aromatic heterocycles. The van der Waals surface area contributed by atoms with E-state index >= 15 is 0 Å². The number of hydrogen-bond acceptors (Lipinski definition) is 3. The van der Waals surface area contributed by atoms with Crippen molar-refractivity contribution in [2.24, 2.45) is 5.92 Å². The molecular weight excluding hydrogens is 324 g/mol. The van der Waals surface area contributed by atoms with Crippen LogP contribution in [0.3, 0.4) is 0 Å². The lowest BCUT2D eigenvalue weighted by atomic mass is 9.99. The second-order valence-electron chi connectivity index (χ2n) is 5.89. The Balaban J connectivity index is 2.32. The molecule has 1 aromatic rings. The topological polar surface area (TPSA) is 57.7 Å². The van der Waals surface area contributed by atoms with Gasteiger partial charge in [-0.25, -0.2) is 8.42 Å². The molecule has 22 heavy (non-hydrogen) atoms. The molecule has 1 atom stereocenters. The minimum atomic E-state index is -3.38. The van der Waals surface area contributed by atoms with Gasteiger partial charge in [0, 0.05) is 20.1 Å². The largest absolute Gasteiger partial charge is 0.338 e. The van der Waals surface area contributed by atoms with Gasteiger partial charge in [-0.1, -0.05) is 18.5 Å². The first kappa shape index (κ1) is 17.1. The van der Waals surface area contributed by atoms with Crippen LogP contribution in [0.5, 0.6) is 0 Å². The van der Waals surface area contributed by atoms with E-state index in [1.165, 1.54) is 7.05 Å². The van der Waals surface area contributed by atoms with Crippen LogP contribution in [0.1, 0.15) is 30.1 Å². The summed E-state index contributed by atoms with van der Waals surface area (Å²) in [5.74, 6) is 0.332. The fourth-order valence-electron chi connectivity index (χ4n) is 2.61. The molecule has 0 N–H and O–H groups in total. The predicted molar refractivity (Wildman–Crippen MR) is 89.0 cm³/mol. The number of nitrogens with zero attached hydrogens (tertiary/aromatic N) is 2. The molecule has 1 unspecified atom stereocenters. The highest BCUT2D eigenvalue weighted by Crippen LogP contribution is 2.27. The van der Waals surface area contributed by atoms with Crippen molar-refractivity contribution in [3.05, 3.63) is 28.8 Å². The summed E-state index contributed by atoms with van der Waals surface area (Å²) in [7, 11) is -1.93. The summed E-state index contributed by atoms with van der Waals surface area (Å²) in [5.41, 5.74) is 0.782. The van der Waals surface area contributed by atoms with Crippen molar-refractivity contribution in [1.82, 2.24) is 4.90 Å². The van der Waals surface area contributed by atoms with E-state index in [9.17, 15) is 13.2 Å². The lowest BCUT2D eigenvalue weighted by molar-refractivity contribution is 0.0683. The summed E-state index contributed by atoms with van der Waals surface area (Å²) in [6.45, 7) is 3.54. The zero-order valence-electron chi connectivity index (χ0n) is 13.0. The minimum absolute atomic E-state index is 0.139. The van der Waals surface area contributed by atoms with Crippen molar-refractivity contribution in [2.45, 2.75) is 19.8 Å². The van der Waals surface area contributed by atoms with Gasteiger partial charge in [0.15, 0.2) is 0 Å². The SMILES string of the molecule is CC1CCCN(C(=O)c2cc(N(C)S(C)(=O)=O)ccc2Cl)C1. The Labute approximate surface area is 136 Å². The van der Waals surface area contributed by atoms with Gasteiger partial charge < -0.3 is 4.90 Å². The molecule has 2 rings (SSSR count). The van der Waals surface area contributed by atoms with Crippen molar-refractivity contribution in [1.29, 1.82) is 0 Å². The molecule has 1 aromatic carbocycles. The van der Waals surface area contributed by atoms with E-state index in [-0.39, 0.29) is 5.91 Å². The van der Waals surface area contributed by atoms with E-state index in [2.05, 4.69) is 6.92 Å². The number of piperidine rings is 1. The normalized spacial score (nSPS) is 19.1. The van der Waals surface area contributed by atoms with E-state index in [0.717, 1.165) is 23.4 Å². The van der Waals surface area contributed by atoms with E-state index < -0.39 is 10.0 Å². The highest BCUT2D eigenvalue weighted by Gasteiger charge is 2.24. The van der Waals surface area contributed by atoms with Gasteiger partial charge in [0.25, 0.3) is 5.91 Å². The van der Waals surface area contributed by atoms with Gasteiger partial charge in [0.1, 0.15) is 0 Å². The summed E-state index contributed by atoms with van der Waals surface area (Å²) in [5, 5.41) is 0.342. The maximum absolute atomic E-state index is 12.7. The molecule has 0 spiro atoms. The summed E-state index contributed by atoms with van der Waals surface area (Å²) in [6.07, 6.45) is 3.22. The summed E-state index contributed by atoms with van der Waals surface area (Å²) in [4.78, 5) is 14.5. The van der Waals surface area contributed by atoms with E-state index in [4.69, 9.17) is 11.6 Å². The smallest absolute Gasteiger partial charge is 0.255 e. The maximum atomic E-state index is 12.7. The Morgan fingerprint density at radius 1 is 1.41 bits per heavy atom. The zero-order valence-corrected chi connectivity index (χ0v) is 14.6. The third-order valence-corrected chi connectivity index (χ3v) is 5.52. The number of likely N-dealkylation sites (tertiary alicyclic amines) is 1. The Bertz CT molecular complexity index is 675. The molecule has 1 aliphatic rings. The average Bonchev–Trinajstić information content (AvgIpc) is 2.45. The van der Waals surface area contributed by atoms with Crippen LogP contribution < -0.4 is 4.31 Å². The molecule has 1 heterocycles. The fourth-order valence-corrected chi connectivity index (χ4v) is 3.30. The number of sulfonamides is 1. The molecule has 0 bridgehead atoms. The van der Waals surface area contributed by atoms with Crippen LogP contribution in [0.4, 0.5) is 5.69 Å². The summed E-state index contributed by atoms with van der Waals surface area (Å²) in [6, 6.07) is 4.71. The van der Waals surface area contributed by atoms with E-state index in [1.54, 1.807) is 23.1 Å². The van der Waals surface area contributed by atoms with Crippen LogP contribution in [0.2, 0.25) is 5.02 Å². The zero-order chi connectivity index (χ0) is 16.5. The monoisotopic (exact) mass is 344 g/mol. The lowest BCUT2D eigenvalue weighted by Gasteiger charge is -2.31. The van der Waals surface area contributed by atoms with Crippen molar-refractivity contribution in [2.75, 3.05) is 30.7 Å². The molecule has 0 radical (unpaired) electrons. The fraction of sp³-hybridized carbons (Fsp3) is 0.533. The number of halogens is 1. The van der Waals surface area contributed by atoms with E-state index in [1.807, 2.05) is 0 Å². The van der Waals surface area contributed by atoms with Crippen LogP contribution in [-0.4, -0.2) is 45.6 Å². The predicted octanol–water partition coefficient (Wildman–Crippen LogP) is 2.61. The first-order valence-electron chi connectivity index (χ1n) is 7.23. The molecule has 0 saturated carbocycles. The third kappa shape index (κ3) is 3.73. The summed E-state index contributed by atoms with van der Waals surface area (Å²) < 4.78 is 24.4. The van der Waals surface area contributed by atoms with Gasteiger partial charge in [0.05, 0.1) is 22.5 Å². The number of hydrogen-bond donors (Lipinski definition) is 0. The standard InChI is InChI=1S/C15H21ClN2O3S/c1-11-5-4-8-18(10-11)15(19)13-9-12(6-7-14(13)16)17(2)22(3,20)21/h6-7,9,11H,4-5,8,10H2,1-3H3. The van der Waals surface area contributed by atoms with Gasteiger partial charge in [-0.15, -0.1) is 0 Å². The lowest BCUT2D eigenvalue weighted by Crippen LogP contribution is -2.39. The molecule has 1 aliphatic heterocycles. The Kier molecular flexibility index (Phi) is 5.02. The maximum Gasteiger partial charge on any atom is 0.255 e. The number of benzene rings is 1. The van der Waals surface area contributed by atoms with Crippen molar-refractivity contribution < 1.29 is 13.2 Å². The Morgan fingerprint density at radius 3 is 2.68 bits per heavy atom. The number of rotatable bonds is 3. The van der Waals surface area contributed by atoms with Crippen molar-refractivity contribution in [3.8, 4) is 0 Å². The van der Waals surface area contributed by atoms with Crippen LogP contribution in [0.25, 0.3) is 0 Å². The molecule has 1 saturated heterocycles. The highest BCUT2D eigenvalue weighted by molar-refractivity contribution is 7.92. The van der Waals surface area contributed by atoms with Crippen LogP contribution in [-0.2, 0) is 10.0 Å². The van der Waals surface area contributed by atoms with Crippen LogP contribution in [0, 0.1) is 5.92 Å². The number of carbonyl (C=O) groups excluding carboxylic acids is 1. The molecule has 122 valence electrons. The second-order valence-corrected chi connectivity index (χ2v) is 8.31. The first-order valence-corrected chi connectivity index (χ1v) is 9.45. The van der Waals surface area contributed by atoms with Crippen molar-refractivity contribution >= 4 is 33.2 Å². The van der Waals surface area contributed by atoms with Gasteiger partial charge in [-0.2, -0.15) is 0 Å². The quantitative estimate of drug-likeness (QED) is 0.846. The number of anilines is 1. The number of carbonyl (C=O) groups is 1. The first-order chi connectivity index (χ1) is 10.2. The Morgan fingerprint density at radius 2 is 2.09 bits per heavy atom. The summed E-state index contributed by atoms with van der Waals surface area (Å²) >= 11 is 6.15. The molecule has 0 aliphatic carbocycles. The number of amides is 1. The molecule has 1 amide bonds. The minimum Gasteiger partial charge on any atom is -0.338 e. The van der Waals surface area contributed by atoms with Gasteiger partial charge in [-0.05, 0) is 37.0 Å². The average molecular weight is 345 g/mol. The highest BCUT2D eigenvalue weighted by atomic mass is 35.5. The van der Waals surface area contributed by atoms with Gasteiger partial charge in [0.2, 0.25) is 10.0 Å². The van der Waals surface area contributed by atoms with Gasteiger partial charge >= 0.3 is 0 Å². The van der Waals surface area contributed by atoms with Crippen LogP contribution in [0.15, 0.2) is 18.2 Å². The Hall–Kier alpha value is -1.27. The van der Waals surface area contributed by atoms with Crippen molar-refractivity contribution in [3.63, 3.8) is 0 Å². The molecule has 7 heteroatoms.